The zero-order chi connectivity index (χ0) is 13.3. The summed E-state index contributed by atoms with van der Waals surface area (Å²) >= 11 is 0. The van der Waals surface area contributed by atoms with Gasteiger partial charge in [0, 0.05) is 6.54 Å². The van der Waals surface area contributed by atoms with Crippen molar-refractivity contribution in [2.24, 2.45) is 0 Å². The first kappa shape index (κ1) is 13.8. The van der Waals surface area contributed by atoms with E-state index in [1.165, 1.54) is 0 Å². The van der Waals surface area contributed by atoms with Gasteiger partial charge in [-0.25, -0.2) is 0 Å². The summed E-state index contributed by atoms with van der Waals surface area (Å²) in [5, 5.41) is 12.1. The third-order valence-corrected chi connectivity index (χ3v) is 2.79. The fraction of sp³-hybridized carbons (Fsp3) is 0.333. The molecule has 0 spiro atoms. The quantitative estimate of drug-likeness (QED) is 0.764. The van der Waals surface area contributed by atoms with Crippen molar-refractivity contribution >= 4 is 0 Å². The Bertz CT molecular complexity index is 442. The minimum Gasteiger partial charge on any atom is -0.468 e. The molecule has 0 saturated carbocycles. The van der Waals surface area contributed by atoms with E-state index in [2.05, 4.69) is 5.32 Å². The number of aliphatic hydroxyl groups excluding tert-OH is 1. The molecule has 0 aliphatic heterocycles. The molecule has 0 radical (unpaired) electrons. The predicted octanol–water partition coefficient (Wildman–Crippen LogP) is 2.12. The van der Waals surface area contributed by atoms with Gasteiger partial charge in [0.15, 0.2) is 0 Å². The summed E-state index contributed by atoms with van der Waals surface area (Å²) in [6.07, 6.45) is 1.64. The fourth-order valence-corrected chi connectivity index (χ4v) is 1.84. The standard InChI is InChI=1S/C15H19NO3/c17-9-8-16-14(15-7-4-10-19-15)12-18-11-13-5-2-1-3-6-13/h1-7,10,14,16-17H,8-9,11-12H2/t14-/m1/s1. The minimum absolute atomic E-state index is 0.0362. The van der Waals surface area contributed by atoms with E-state index >= 15 is 0 Å². The van der Waals surface area contributed by atoms with Gasteiger partial charge in [0.05, 0.1) is 32.1 Å². The Hall–Kier alpha value is -1.62. The molecule has 4 nitrogen and oxygen atoms in total. The summed E-state index contributed by atoms with van der Waals surface area (Å²) in [5.74, 6) is 0.821. The van der Waals surface area contributed by atoms with Crippen molar-refractivity contribution in [1.29, 1.82) is 0 Å². The van der Waals surface area contributed by atoms with Crippen LogP contribution in [0, 0.1) is 0 Å². The number of furan rings is 1. The van der Waals surface area contributed by atoms with Crippen molar-refractivity contribution in [3.8, 4) is 0 Å². The monoisotopic (exact) mass is 261 g/mol. The van der Waals surface area contributed by atoms with Gasteiger partial charge in [0.1, 0.15) is 5.76 Å². The van der Waals surface area contributed by atoms with E-state index in [1.54, 1.807) is 6.26 Å². The molecule has 2 aromatic rings. The maximum absolute atomic E-state index is 8.88. The average Bonchev–Trinajstić information content (AvgIpc) is 2.98. The summed E-state index contributed by atoms with van der Waals surface area (Å²) in [6.45, 7) is 1.68. The highest BCUT2D eigenvalue weighted by atomic mass is 16.5. The zero-order valence-electron chi connectivity index (χ0n) is 10.8. The number of rotatable bonds is 8. The third kappa shape index (κ3) is 4.52. The lowest BCUT2D eigenvalue weighted by atomic mass is 10.2. The molecule has 0 aliphatic carbocycles. The number of hydrogen-bond donors (Lipinski definition) is 2. The number of hydrogen-bond acceptors (Lipinski definition) is 4. The molecule has 0 saturated heterocycles. The number of nitrogens with one attached hydrogen (secondary N) is 1. The molecule has 1 aromatic carbocycles. The molecule has 4 heteroatoms. The van der Waals surface area contributed by atoms with E-state index in [-0.39, 0.29) is 12.6 Å². The Balaban J connectivity index is 1.83. The molecule has 2 N–H and O–H groups in total. The third-order valence-electron chi connectivity index (χ3n) is 2.79. The van der Waals surface area contributed by atoms with Crippen LogP contribution in [0.15, 0.2) is 53.1 Å². The number of benzene rings is 1. The van der Waals surface area contributed by atoms with Gasteiger partial charge in [-0.1, -0.05) is 30.3 Å². The molecule has 0 bridgehead atoms. The largest absolute Gasteiger partial charge is 0.468 e. The van der Waals surface area contributed by atoms with Crippen molar-refractivity contribution in [3.05, 3.63) is 60.1 Å². The van der Waals surface area contributed by atoms with E-state index < -0.39 is 0 Å². The van der Waals surface area contributed by atoms with Gasteiger partial charge in [-0.2, -0.15) is 0 Å². The van der Waals surface area contributed by atoms with Crippen molar-refractivity contribution in [2.45, 2.75) is 12.6 Å². The Morgan fingerprint density at radius 2 is 2.00 bits per heavy atom. The molecule has 0 aliphatic rings. The lowest BCUT2D eigenvalue weighted by Crippen LogP contribution is -2.27. The maximum atomic E-state index is 8.88. The average molecular weight is 261 g/mol. The molecule has 1 aromatic heterocycles. The van der Waals surface area contributed by atoms with Crippen LogP contribution in [0.5, 0.6) is 0 Å². The molecule has 0 amide bonds. The molecular weight excluding hydrogens is 242 g/mol. The van der Waals surface area contributed by atoms with Crippen LogP contribution in [0.3, 0.4) is 0 Å². The lowest BCUT2D eigenvalue weighted by molar-refractivity contribution is 0.0910. The van der Waals surface area contributed by atoms with Gasteiger partial charge in [0.2, 0.25) is 0 Å². The van der Waals surface area contributed by atoms with Gasteiger partial charge < -0.3 is 19.6 Å². The first-order valence-electron chi connectivity index (χ1n) is 6.39. The van der Waals surface area contributed by atoms with Crippen LogP contribution >= 0.6 is 0 Å². The summed E-state index contributed by atoms with van der Waals surface area (Å²) in [7, 11) is 0. The first-order chi connectivity index (χ1) is 9.40. The summed E-state index contributed by atoms with van der Waals surface area (Å²) in [6, 6.07) is 13.7. The van der Waals surface area contributed by atoms with Gasteiger partial charge in [0.25, 0.3) is 0 Å². The Morgan fingerprint density at radius 1 is 1.16 bits per heavy atom. The van der Waals surface area contributed by atoms with E-state index in [0.717, 1.165) is 11.3 Å². The molecule has 1 atom stereocenters. The highest BCUT2D eigenvalue weighted by Crippen LogP contribution is 2.14. The van der Waals surface area contributed by atoms with Crippen LogP contribution in [0.25, 0.3) is 0 Å². The zero-order valence-corrected chi connectivity index (χ0v) is 10.8. The minimum atomic E-state index is -0.0362. The normalized spacial score (nSPS) is 12.5. The Labute approximate surface area is 113 Å². The summed E-state index contributed by atoms with van der Waals surface area (Å²) in [4.78, 5) is 0. The highest BCUT2D eigenvalue weighted by Gasteiger charge is 2.13. The molecule has 0 fully saturated rings. The van der Waals surface area contributed by atoms with Crippen molar-refractivity contribution < 1.29 is 14.3 Å². The lowest BCUT2D eigenvalue weighted by Gasteiger charge is -2.16. The molecular formula is C15H19NO3. The van der Waals surface area contributed by atoms with Gasteiger partial charge in [-0.15, -0.1) is 0 Å². The van der Waals surface area contributed by atoms with Crippen LogP contribution in [0.2, 0.25) is 0 Å². The molecule has 0 unspecified atom stereocenters. The van der Waals surface area contributed by atoms with Gasteiger partial charge >= 0.3 is 0 Å². The van der Waals surface area contributed by atoms with Crippen molar-refractivity contribution in [1.82, 2.24) is 5.32 Å². The SMILES string of the molecule is OCCN[C@H](COCc1ccccc1)c1ccco1. The summed E-state index contributed by atoms with van der Waals surface area (Å²) < 4.78 is 11.1. The Kier molecular flexibility index (Phi) is 5.62. The predicted molar refractivity (Wildman–Crippen MR) is 72.6 cm³/mol. The molecule has 2 rings (SSSR count). The summed E-state index contributed by atoms with van der Waals surface area (Å²) in [5.41, 5.74) is 1.14. The number of ether oxygens (including phenoxy) is 1. The van der Waals surface area contributed by atoms with Crippen LogP contribution in [-0.2, 0) is 11.3 Å². The van der Waals surface area contributed by atoms with Crippen LogP contribution in [0.1, 0.15) is 17.4 Å². The molecule has 102 valence electrons. The van der Waals surface area contributed by atoms with Gasteiger partial charge in [-0.05, 0) is 17.7 Å². The smallest absolute Gasteiger partial charge is 0.123 e. The van der Waals surface area contributed by atoms with Gasteiger partial charge in [-0.3, -0.25) is 0 Å². The van der Waals surface area contributed by atoms with Crippen LogP contribution < -0.4 is 5.32 Å². The fourth-order valence-electron chi connectivity index (χ4n) is 1.84. The topological polar surface area (TPSA) is 54.6 Å². The first-order valence-corrected chi connectivity index (χ1v) is 6.39. The second-order valence-corrected chi connectivity index (χ2v) is 4.25. The molecule has 1 heterocycles. The van der Waals surface area contributed by atoms with Crippen molar-refractivity contribution in [2.75, 3.05) is 19.8 Å². The maximum Gasteiger partial charge on any atom is 0.123 e. The second-order valence-electron chi connectivity index (χ2n) is 4.25. The second kappa shape index (κ2) is 7.74. The van der Waals surface area contributed by atoms with Crippen LogP contribution in [-0.4, -0.2) is 24.9 Å². The van der Waals surface area contributed by atoms with E-state index in [0.29, 0.717) is 19.8 Å². The van der Waals surface area contributed by atoms with Crippen LogP contribution in [0.4, 0.5) is 0 Å². The van der Waals surface area contributed by atoms with E-state index in [4.69, 9.17) is 14.3 Å². The van der Waals surface area contributed by atoms with Crippen molar-refractivity contribution in [3.63, 3.8) is 0 Å². The number of aliphatic hydroxyl groups is 1. The molecule has 19 heavy (non-hydrogen) atoms. The van der Waals surface area contributed by atoms with E-state index in [1.807, 2.05) is 42.5 Å². The highest BCUT2D eigenvalue weighted by molar-refractivity contribution is 5.13. The Morgan fingerprint density at radius 3 is 2.68 bits per heavy atom. The van der Waals surface area contributed by atoms with E-state index in [9.17, 15) is 0 Å².